The minimum atomic E-state index is 0.543. The number of rotatable bonds is 5. The summed E-state index contributed by atoms with van der Waals surface area (Å²) in [7, 11) is 0. The highest BCUT2D eigenvalue weighted by Crippen LogP contribution is 2.40. The summed E-state index contributed by atoms with van der Waals surface area (Å²) in [6.45, 7) is 0. The fourth-order valence-corrected chi connectivity index (χ4v) is 9.29. The van der Waals surface area contributed by atoms with E-state index in [2.05, 4.69) is 97.1 Å². The number of fused-ring (bicyclic) bond motifs is 9. The van der Waals surface area contributed by atoms with Crippen molar-refractivity contribution in [2.24, 2.45) is 4.99 Å². The molecule has 11 aromatic rings. The molecule has 5 heterocycles. The first-order valence-corrected chi connectivity index (χ1v) is 20.3. The average Bonchev–Trinajstić information content (AvgIpc) is 3.97. The zero-order valence-corrected chi connectivity index (χ0v) is 32.2. The molecule has 7 heteroatoms. The lowest BCUT2D eigenvalue weighted by atomic mass is 10.00. The maximum Gasteiger partial charge on any atom is 0.167 e. The van der Waals surface area contributed by atoms with Crippen LogP contribution in [0.1, 0.15) is 22.5 Å². The maximum atomic E-state index is 6.80. The Morgan fingerprint density at radius 1 is 0.441 bits per heavy atom. The number of aliphatic imine (C=N–C) groups is 1. The molecule has 0 spiro atoms. The molecule has 7 aromatic carbocycles. The van der Waals surface area contributed by atoms with Crippen LogP contribution in [0.2, 0.25) is 0 Å². The Morgan fingerprint density at radius 3 is 1.98 bits per heavy atom. The van der Waals surface area contributed by atoms with Crippen molar-refractivity contribution in [2.75, 3.05) is 0 Å². The van der Waals surface area contributed by atoms with Crippen LogP contribution in [0.4, 0.5) is 0 Å². The molecule has 0 unspecified atom stereocenters. The van der Waals surface area contributed by atoms with Gasteiger partial charge in [0.25, 0.3) is 0 Å². The summed E-state index contributed by atoms with van der Waals surface area (Å²) >= 11 is 1.78. The van der Waals surface area contributed by atoms with Crippen molar-refractivity contribution in [3.05, 3.63) is 198 Å². The summed E-state index contributed by atoms with van der Waals surface area (Å²) in [4.78, 5) is 20.6. The van der Waals surface area contributed by atoms with E-state index in [0.29, 0.717) is 23.1 Å². The van der Waals surface area contributed by atoms with Gasteiger partial charge in [0, 0.05) is 64.1 Å². The number of aromatic nitrogens is 3. The standard InChI is InChI=1S/C52H30N4O2S/c1-3-13-31(14-4-1)47-49-40(35-17-7-9-23-43(35)57-49)20-12-22-42(53-47)33-25-27-36-39-19-11-21-41(48(39)58-44(36)29-33)52-55-50(32-15-5-2-6-16-32)54-51(56-52)34-26-28-38-37-18-8-10-24-45(37)59-46(38)30-34/h1-30H. The van der Waals surface area contributed by atoms with Crippen LogP contribution in [0.5, 0.6) is 0 Å². The highest BCUT2D eigenvalue weighted by atomic mass is 32.1. The van der Waals surface area contributed by atoms with Crippen LogP contribution in [0.15, 0.2) is 190 Å². The van der Waals surface area contributed by atoms with E-state index < -0.39 is 0 Å². The molecule has 4 aromatic heterocycles. The molecular formula is C52H30N4O2S. The minimum Gasteiger partial charge on any atom is -0.455 e. The Labute approximate surface area is 341 Å². The van der Waals surface area contributed by atoms with Crippen LogP contribution < -0.4 is 0 Å². The normalized spacial score (nSPS) is 12.9. The van der Waals surface area contributed by atoms with E-state index in [0.717, 1.165) is 77.9 Å². The lowest BCUT2D eigenvalue weighted by molar-refractivity contribution is 0.604. The largest absolute Gasteiger partial charge is 0.455 e. The van der Waals surface area contributed by atoms with Crippen LogP contribution >= 0.6 is 11.3 Å². The molecule has 276 valence electrons. The number of furan rings is 2. The summed E-state index contributed by atoms with van der Waals surface area (Å²) in [6.07, 6.45) is 6.21. The molecule has 0 N–H and O–H groups in total. The van der Waals surface area contributed by atoms with Crippen LogP contribution in [-0.2, 0) is 0 Å². The number of allylic oxidation sites excluding steroid dienone is 2. The summed E-state index contributed by atoms with van der Waals surface area (Å²) in [5, 5.41) is 5.51. The first-order valence-electron chi connectivity index (χ1n) is 19.5. The molecule has 1 aliphatic rings. The Morgan fingerprint density at radius 2 is 1.12 bits per heavy atom. The number of benzene rings is 7. The van der Waals surface area contributed by atoms with E-state index in [-0.39, 0.29) is 0 Å². The third-order valence-electron chi connectivity index (χ3n) is 11.0. The zero-order valence-electron chi connectivity index (χ0n) is 31.3. The van der Waals surface area contributed by atoms with Gasteiger partial charge in [-0.25, -0.2) is 19.9 Å². The molecule has 0 saturated carbocycles. The first kappa shape index (κ1) is 33.4. The molecule has 0 fully saturated rings. The molecular weight excluding hydrogens is 745 g/mol. The van der Waals surface area contributed by atoms with Gasteiger partial charge in [-0.05, 0) is 42.5 Å². The second kappa shape index (κ2) is 13.4. The number of hydrogen-bond acceptors (Lipinski definition) is 7. The fourth-order valence-electron chi connectivity index (χ4n) is 8.14. The first-order chi connectivity index (χ1) is 29.2. The lowest BCUT2D eigenvalue weighted by Crippen LogP contribution is -2.05. The predicted molar refractivity (Wildman–Crippen MR) is 242 cm³/mol. The molecule has 0 bridgehead atoms. The monoisotopic (exact) mass is 774 g/mol. The van der Waals surface area contributed by atoms with Crippen molar-refractivity contribution >= 4 is 81.9 Å². The molecule has 59 heavy (non-hydrogen) atoms. The summed E-state index contributed by atoms with van der Waals surface area (Å²) in [6, 6.07) is 55.8. The van der Waals surface area contributed by atoms with Crippen LogP contribution in [0.3, 0.4) is 0 Å². The summed E-state index contributed by atoms with van der Waals surface area (Å²) < 4.78 is 15.8. The fraction of sp³-hybridized carbons (Fsp3) is 0. The number of thiophene rings is 1. The van der Waals surface area contributed by atoms with E-state index in [9.17, 15) is 0 Å². The van der Waals surface area contributed by atoms with Gasteiger partial charge in [0.1, 0.15) is 22.5 Å². The Bertz CT molecular complexity index is 3560. The summed E-state index contributed by atoms with van der Waals surface area (Å²) in [5.74, 6) is 2.49. The minimum absolute atomic E-state index is 0.543. The van der Waals surface area contributed by atoms with E-state index in [1.807, 2.05) is 84.9 Å². The average molecular weight is 775 g/mol. The molecule has 0 saturated heterocycles. The summed E-state index contributed by atoms with van der Waals surface area (Å²) in [5.41, 5.74) is 9.37. The van der Waals surface area contributed by atoms with Crippen molar-refractivity contribution in [2.45, 2.75) is 0 Å². The lowest BCUT2D eigenvalue weighted by Gasteiger charge is -2.10. The predicted octanol–water partition coefficient (Wildman–Crippen LogP) is 13.8. The van der Waals surface area contributed by atoms with Gasteiger partial charge in [0.05, 0.1) is 11.3 Å². The molecule has 0 amide bonds. The Kier molecular flexibility index (Phi) is 7.61. The van der Waals surface area contributed by atoms with Gasteiger partial charge in [-0.1, -0.05) is 140 Å². The van der Waals surface area contributed by atoms with Crippen LogP contribution in [-0.4, -0.2) is 20.7 Å². The quantitative estimate of drug-likeness (QED) is 0.174. The van der Waals surface area contributed by atoms with E-state index >= 15 is 0 Å². The van der Waals surface area contributed by atoms with Crippen LogP contribution in [0, 0.1) is 0 Å². The van der Waals surface area contributed by atoms with E-state index in [1.165, 1.54) is 20.2 Å². The number of para-hydroxylation sites is 2. The molecule has 12 rings (SSSR count). The van der Waals surface area contributed by atoms with Gasteiger partial charge >= 0.3 is 0 Å². The van der Waals surface area contributed by atoms with Crippen molar-refractivity contribution < 1.29 is 8.83 Å². The molecule has 0 atom stereocenters. The zero-order chi connectivity index (χ0) is 38.9. The third-order valence-corrected chi connectivity index (χ3v) is 12.1. The van der Waals surface area contributed by atoms with Crippen LogP contribution in [0.25, 0.3) is 99.0 Å². The van der Waals surface area contributed by atoms with Gasteiger partial charge in [-0.3, -0.25) is 0 Å². The molecule has 0 aliphatic carbocycles. The van der Waals surface area contributed by atoms with Gasteiger partial charge in [0.15, 0.2) is 23.2 Å². The van der Waals surface area contributed by atoms with Gasteiger partial charge in [0.2, 0.25) is 0 Å². The Balaban J connectivity index is 0.997. The highest BCUT2D eigenvalue weighted by molar-refractivity contribution is 7.25. The molecule has 6 nitrogen and oxygen atoms in total. The van der Waals surface area contributed by atoms with Gasteiger partial charge in [-0.2, -0.15) is 0 Å². The van der Waals surface area contributed by atoms with Crippen molar-refractivity contribution in [1.82, 2.24) is 15.0 Å². The van der Waals surface area contributed by atoms with E-state index in [1.54, 1.807) is 11.3 Å². The van der Waals surface area contributed by atoms with Crippen molar-refractivity contribution in [1.29, 1.82) is 0 Å². The second-order valence-electron chi connectivity index (χ2n) is 14.6. The van der Waals surface area contributed by atoms with Crippen molar-refractivity contribution in [3.8, 4) is 34.2 Å². The van der Waals surface area contributed by atoms with E-state index in [4.69, 9.17) is 28.8 Å². The van der Waals surface area contributed by atoms with Gasteiger partial charge in [-0.15, -0.1) is 11.3 Å². The maximum absolute atomic E-state index is 6.80. The molecule has 1 aliphatic heterocycles. The van der Waals surface area contributed by atoms with Crippen molar-refractivity contribution in [3.63, 3.8) is 0 Å². The number of nitrogens with zero attached hydrogens (tertiary/aromatic N) is 4. The smallest absolute Gasteiger partial charge is 0.167 e. The highest BCUT2D eigenvalue weighted by Gasteiger charge is 2.22. The number of hydrogen-bond donors (Lipinski definition) is 0. The third kappa shape index (κ3) is 5.62. The Hall–Kier alpha value is -7.74. The SMILES string of the molecule is C1=Cc2c(oc3ccccc23)C(c2ccccc2)=NC(c2ccc3c(c2)oc2c(-c4nc(-c5ccccc5)nc(-c5ccc6c(c5)sc5ccccc56)n4)cccc23)=C1. The van der Waals surface area contributed by atoms with Gasteiger partial charge < -0.3 is 8.83 Å². The molecule has 0 radical (unpaired) electrons. The second-order valence-corrected chi connectivity index (χ2v) is 15.6. The topological polar surface area (TPSA) is 77.3 Å².